The zero-order chi connectivity index (χ0) is 13.7. The number of amides is 1. The first-order valence-corrected chi connectivity index (χ1v) is 6.93. The lowest BCUT2D eigenvalue weighted by atomic mass is 9.98. The molecule has 0 aromatic heterocycles. The number of nitrogens with one attached hydrogen (secondary N) is 1. The summed E-state index contributed by atoms with van der Waals surface area (Å²) in [5, 5.41) is 12.7. The van der Waals surface area contributed by atoms with Crippen molar-refractivity contribution >= 4 is 5.91 Å². The standard InChI is InChI=1S/C15H22N2O2/c16-9-13(11-5-2-1-3-6-11)15(19)17-10-12-7-4-8-14(12)18/h1-3,5-6,12-14,18H,4,7-10,16H2,(H,17,19). The van der Waals surface area contributed by atoms with E-state index in [2.05, 4.69) is 5.32 Å². The van der Waals surface area contributed by atoms with Gasteiger partial charge in [0.25, 0.3) is 0 Å². The first kappa shape index (κ1) is 14.0. The van der Waals surface area contributed by atoms with Crippen LogP contribution >= 0.6 is 0 Å². The minimum Gasteiger partial charge on any atom is -0.393 e. The van der Waals surface area contributed by atoms with Crippen molar-refractivity contribution in [2.24, 2.45) is 11.7 Å². The molecule has 0 radical (unpaired) electrons. The molecule has 1 aromatic carbocycles. The molecule has 104 valence electrons. The van der Waals surface area contributed by atoms with Crippen molar-refractivity contribution in [3.63, 3.8) is 0 Å². The molecule has 1 aliphatic carbocycles. The van der Waals surface area contributed by atoms with Gasteiger partial charge < -0.3 is 16.2 Å². The van der Waals surface area contributed by atoms with Crippen LogP contribution in [-0.2, 0) is 4.79 Å². The van der Waals surface area contributed by atoms with Crippen LogP contribution in [0.5, 0.6) is 0 Å². The summed E-state index contributed by atoms with van der Waals surface area (Å²) in [6.45, 7) is 0.840. The molecule has 4 heteroatoms. The minimum atomic E-state index is -0.306. The predicted molar refractivity (Wildman–Crippen MR) is 74.6 cm³/mol. The molecule has 1 aliphatic rings. The Morgan fingerprint density at radius 3 is 2.68 bits per heavy atom. The lowest BCUT2D eigenvalue weighted by Gasteiger charge is -2.19. The minimum absolute atomic E-state index is 0.0483. The van der Waals surface area contributed by atoms with E-state index in [9.17, 15) is 9.90 Å². The van der Waals surface area contributed by atoms with E-state index in [0.29, 0.717) is 13.1 Å². The number of carbonyl (C=O) groups is 1. The fourth-order valence-electron chi connectivity index (χ4n) is 2.69. The maximum absolute atomic E-state index is 12.2. The summed E-state index contributed by atoms with van der Waals surface area (Å²) >= 11 is 0. The van der Waals surface area contributed by atoms with Crippen LogP contribution in [-0.4, -0.2) is 30.2 Å². The molecule has 4 N–H and O–H groups in total. The molecule has 1 amide bonds. The fourth-order valence-corrected chi connectivity index (χ4v) is 2.69. The molecular weight excluding hydrogens is 240 g/mol. The van der Waals surface area contributed by atoms with Gasteiger partial charge in [0.05, 0.1) is 12.0 Å². The van der Waals surface area contributed by atoms with Crippen LogP contribution in [0.2, 0.25) is 0 Å². The summed E-state index contributed by atoms with van der Waals surface area (Å²) in [5.74, 6) is -0.161. The molecule has 0 heterocycles. The van der Waals surface area contributed by atoms with Crippen LogP contribution in [0, 0.1) is 5.92 Å². The van der Waals surface area contributed by atoms with Gasteiger partial charge in [-0.05, 0) is 18.4 Å². The summed E-state index contributed by atoms with van der Waals surface area (Å²) in [6, 6.07) is 9.57. The largest absolute Gasteiger partial charge is 0.393 e. The molecule has 2 rings (SSSR count). The Morgan fingerprint density at radius 2 is 2.11 bits per heavy atom. The van der Waals surface area contributed by atoms with Gasteiger partial charge in [0.2, 0.25) is 5.91 Å². The topological polar surface area (TPSA) is 75.4 Å². The predicted octanol–water partition coefficient (Wildman–Crippen LogP) is 1.01. The van der Waals surface area contributed by atoms with Gasteiger partial charge in [-0.2, -0.15) is 0 Å². The highest BCUT2D eigenvalue weighted by molar-refractivity contribution is 5.83. The van der Waals surface area contributed by atoms with Crippen molar-refractivity contribution in [3.8, 4) is 0 Å². The number of aliphatic hydroxyl groups excluding tert-OH is 1. The second kappa shape index (κ2) is 6.68. The van der Waals surface area contributed by atoms with Gasteiger partial charge in [-0.15, -0.1) is 0 Å². The third-order valence-electron chi connectivity index (χ3n) is 3.91. The normalized spacial score (nSPS) is 24.1. The van der Waals surface area contributed by atoms with Crippen molar-refractivity contribution in [2.45, 2.75) is 31.3 Å². The highest BCUT2D eigenvalue weighted by Gasteiger charge is 2.26. The summed E-state index contributed by atoms with van der Waals surface area (Å²) in [4.78, 5) is 12.2. The molecule has 1 fully saturated rings. The third kappa shape index (κ3) is 3.55. The van der Waals surface area contributed by atoms with E-state index in [1.54, 1.807) is 0 Å². The lowest BCUT2D eigenvalue weighted by molar-refractivity contribution is -0.122. The number of nitrogens with two attached hydrogens (primary N) is 1. The van der Waals surface area contributed by atoms with E-state index in [1.807, 2.05) is 30.3 Å². The van der Waals surface area contributed by atoms with Crippen molar-refractivity contribution in [1.29, 1.82) is 0 Å². The highest BCUT2D eigenvalue weighted by Crippen LogP contribution is 2.25. The Kier molecular flexibility index (Phi) is 4.93. The van der Waals surface area contributed by atoms with Gasteiger partial charge >= 0.3 is 0 Å². The van der Waals surface area contributed by atoms with Crippen LogP contribution < -0.4 is 11.1 Å². The number of carbonyl (C=O) groups excluding carboxylic acids is 1. The van der Waals surface area contributed by atoms with Gasteiger partial charge in [-0.3, -0.25) is 4.79 Å². The van der Waals surface area contributed by atoms with E-state index in [1.165, 1.54) is 0 Å². The van der Waals surface area contributed by atoms with Crippen LogP contribution in [0.15, 0.2) is 30.3 Å². The Hall–Kier alpha value is -1.39. The van der Waals surface area contributed by atoms with Gasteiger partial charge in [-0.1, -0.05) is 36.8 Å². The number of hydrogen-bond donors (Lipinski definition) is 3. The molecule has 4 nitrogen and oxygen atoms in total. The van der Waals surface area contributed by atoms with Crippen LogP contribution in [0.1, 0.15) is 30.7 Å². The number of rotatable bonds is 5. The second-order valence-electron chi connectivity index (χ2n) is 5.20. The van der Waals surface area contributed by atoms with Gasteiger partial charge in [0.15, 0.2) is 0 Å². The Balaban J connectivity index is 1.90. The van der Waals surface area contributed by atoms with Crippen molar-refractivity contribution in [3.05, 3.63) is 35.9 Å². The maximum atomic E-state index is 12.2. The van der Waals surface area contributed by atoms with E-state index < -0.39 is 0 Å². The van der Waals surface area contributed by atoms with Crippen LogP contribution in [0.4, 0.5) is 0 Å². The first-order valence-electron chi connectivity index (χ1n) is 6.93. The second-order valence-corrected chi connectivity index (χ2v) is 5.20. The van der Waals surface area contributed by atoms with E-state index in [0.717, 1.165) is 24.8 Å². The average Bonchev–Trinajstić information content (AvgIpc) is 2.84. The SMILES string of the molecule is NCC(C(=O)NCC1CCCC1O)c1ccccc1. The van der Waals surface area contributed by atoms with Gasteiger partial charge in [0, 0.05) is 19.0 Å². The Morgan fingerprint density at radius 1 is 1.37 bits per heavy atom. The fraction of sp³-hybridized carbons (Fsp3) is 0.533. The molecular formula is C15H22N2O2. The average molecular weight is 262 g/mol. The molecule has 0 saturated heterocycles. The lowest BCUT2D eigenvalue weighted by Crippen LogP contribution is -2.37. The summed E-state index contributed by atoms with van der Waals surface area (Å²) in [7, 11) is 0. The molecule has 19 heavy (non-hydrogen) atoms. The molecule has 0 bridgehead atoms. The Bertz CT molecular complexity index is 408. The molecule has 0 aliphatic heterocycles. The van der Waals surface area contributed by atoms with E-state index in [4.69, 9.17) is 5.73 Å². The number of hydrogen-bond acceptors (Lipinski definition) is 3. The number of benzene rings is 1. The summed E-state index contributed by atoms with van der Waals surface area (Å²) < 4.78 is 0. The van der Waals surface area contributed by atoms with Crippen LogP contribution in [0.25, 0.3) is 0 Å². The van der Waals surface area contributed by atoms with Crippen LogP contribution in [0.3, 0.4) is 0 Å². The molecule has 3 atom stereocenters. The van der Waals surface area contributed by atoms with E-state index in [-0.39, 0.29) is 23.8 Å². The maximum Gasteiger partial charge on any atom is 0.228 e. The summed E-state index contributed by atoms with van der Waals surface area (Å²) in [5.41, 5.74) is 6.65. The smallest absolute Gasteiger partial charge is 0.228 e. The van der Waals surface area contributed by atoms with Crippen molar-refractivity contribution in [2.75, 3.05) is 13.1 Å². The van der Waals surface area contributed by atoms with Crippen molar-refractivity contribution < 1.29 is 9.90 Å². The molecule has 0 spiro atoms. The Labute approximate surface area is 114 Å². The zero-order valence-corrected chi connectivity index (χ0v) is 11.1. The highest BCUT2D eigenvalue weighted by atomic mass is 16.3. The first-order chi connectivity index (χ1) is 9.22. The summed E-state index contributed by atoms with van der Waals surface area (Å²) in [6.07, 6.45) is 2.61. The quantitative estimate of drug-likeness (QED) is 0.741. The van der Waals surface area contributed by atoms with E-state index >= 15 is 0 Å². The zero-order valence-electron chi connectivity index (χ0n) is 11.1. The van der Waals surface area contributed by atoms with Crippen molar-refractivity contribution in [1.82, 2.24) is 5.32 Å². The van der Waals surface area contributed by atoms with Gasteiger partial charge in [0.1, 0.15) is 0 Å². The molecule has 1 saturated carbocycles. The van der Waals surface area contributed by atoms with Gasteiger partial charge in [-0.25, -0.2) is 0 Å². The third-order valence-corrected chi connectivity index (χ3v) is 3.91. The molecule has 3 unspecified atom stereocenters. The number of aliphatic hydroxyl groups is 1. The molecule has 1 aromatic rings. The monoisotopic (exact) mass is 262 g/mol.